The van der Waals surface area contributed by atoms with Crippen LogP contribution in [0.4, 0.5) is 10.5 Å². The zero-order valence-electron chi connectivity index (χ0n) is 20.2. The van der Waals surface area contributed by atoms with Gasteiger partial charge in [0, 0.05) is 17.6 Å². The molecule has 4 heteroatoms. The number of amides is 2. The molecule has 0 fully saturated rings. The van der Waals surface area contributed by atoms with E-state index in [2.05, 4.69) is 97.5 Å². The van der Waals surface area contributed by atoms with Crippen molar-refractivity contribution in [1.82, 2.24) is 9.47 Å². The van der Waals surface area contributed by atoms with E-state index < -0.39 is 0 Å². The minimum atomic E-state index is -0.214. The Kier molecular flexibility index (Phi) is 5.74. The van der Waals surface area contributed by atoms with Crippen molar-refractivity contribution in [1.29, 1.82) is 0 Å². The Hall–Kier alpha value is -3.79. The minimum Gasteiger partial charge on any atom is -0.318 e. The van der Waals surface area contributed by atoms with Gasteiger partial charge in [-0.3, -0.25) is 0 Å². The number of fused-ring (bicyclic) bond motifs is 3. The molecule has 0 spiro atoms. The number of rotatable bonds is 3. The lowest BCUT2D eigenvalue weighted by Crippen LogP contribution is -2.38. The molecule has 0 saturated carbocycles. The summed E-state index contributed by atoms with van der Waals surface area (Å²) < 4.78 is 2.22. The second kappa shape index (κ2) is 8.86. The molecule has 4 aromatic rings. The smallest absolute Gasteiger partial charge is 0.318 e. The molecule has 1 atom stereocenters. The summed E-state index contributed by atoms with van der Waals surface area (Å²) in [6.07, 6.45) is 2.09. The van der Waals surface area contributed by atoms with Crippen LogP contribution in [0.2, 0.25) is 0 Å². The topological polar surface area (TPSA) is 37.3 Å². The van der Waals surface area contributed by atoms with Gasteiger partial charge in [-0.1, -0.05) is 74.0 Å². The van der Waals surface area contributed by atoms with Gasteiger partial charge in [0.05, 0.1) is 18.3 Å². The van der Waals surface area contributed by atoms with Gasteiger partial charge in [0.1, 0.15) is 0 Å². The van der Waals surface area contributed by atoms with Crippen LogP contribution >= 0.6 is 0 Å². The molecule has 4 nitrogen and oxygen atoms in total. The molecular formula is C30H31N3O. The summed E-state index contributed by atoms with van der Waals surface area (Å²) in [7, 11) is 0. The minimum absolute atomic E-state index is 0.102. The number of hydrogen-bond donors (Lipinski definition) is 1. The van der Waals surface area contributed by atoms with Crippen molar-refractivity contribution in [3.63, 3.8) is 0 Å². The lowest BCUT2D eigenvalue weighted by atomic mass is 9.97. The lowest BCUT2D eigenvalue weighted by Gasteiger charge is -2.31. The number of para-hydroxylation sites is 1. The molecule has 34 heavy (non-hydrogen) atoms. The number of nitrogens with zero attached hydrogens (tertiary/aromatic N) is 2. The number of urea groups is 1. The fraction of sp³-hybridized carbons (Fsp3) is 0.233. The Morgan fingerprint density at radius 1 is 0.941 bits per heavy atom. The molecule has 1 aliphatic heterocycles. The third-order valence-electron chi connectivity index (χ3n) is 6.77. The van der Waals surface area contributed by atoms with E-state index in [1.165, 1.54) is 11.1 Å². The van der Waals surface area contributed by atoms with Crippen molar-refractivity contribution in [2.75, 3.05) is 5.32 Å². The number of hydrogen-bond acceptors (Lipinski definition) is 1. The van der Waals surface area contributed by atoms with Crippen molar-refractivity contribution in [3.8, 4) is 5.69 Å². The van der Waals surface area contributed by atoms with Crippen molar-refractivity contribution < 1.29 is 4.79 Å². The van der Waals surface area contributed by atoms with E-state index in [4.69, 9.17) is 0 Å². The fourth-order valence-corrected chi connectivity index (χ4v) is 4.89. The summed E-state index contributed by atoms with van der Waals surface area (Å²) in [5.74, 6) is 0.459. The van der Waals surface area contributed by atoms with Gasteiger partial charge in [-0.15, -0.1) is 0 Å². The summed E-state index contributed by atoms with van der Waals surface area (Å²) in [6, 6.07) is 27.0. The van der Waals surface area contributed by atoms with E-state index in [0.29, 0.717) is 12.5 Å². The van der Waals surface area contributed by atoms with Crippen LogP contribution in [-0.4, -0.2) is 15.5 Å². The first-order valence-corrected chi connectivity index (χ1v) is 11.9. The summed E-state index contributed by atoms with van der Waals surface area (Å²) in [5, 5.41) is 3.20. The van der Waals surface area contributed by atoms with Crippen LogP contribution in [0.25, 0.3) is 5.69 Å². The van der Waals surface area contributed by atoms with Gasteiger partial charge >= 0.3 is 6.03 Å². The second-order valence-corrected chi connectivity index (χ2v) is 9.53. The maximum absolute atomic E-state index is 13.9. The number of aryl methyl sites for hydroxylation is 2. The summed E-state index contributed by atoms with van der Waals surface area (Å²) >= 11 is 0. The molecule has 1 N–H and O–H groups in total. The molecule has 0 radical (unpaired) electrons. The quantitative estimate of drug-likeness (QED) is 0.349. The van der Waals surface area contributed by atoms with Crippen LogP contribution < -0.4 is 5.32 Å². The van der Waals surface area contributed by atoms with E-state index in [-0.39, 0.29) is 12.1 Å². The molecular weight excluding hydrogens is 418 g/mol. The Balaban J connectivity index is 1.61. The monoisotopic (exact) mass is 449 g/mol. The van der Waals surface area contributed by atoms with E-state index in [1.807, 2.05) is 30.0 Å². The van der Waals surface area contributed by atoms with Gasteiger partial charge in [0.25, 0.3) is 0 Å². The highest BCUT2D eigenvalue weighted by molar-refractivity contribution is 5.91. The van der Waals surface area contributed by atoms with Crippen molar-refractivity contribution >= 4 is 11.7 Å². The van der Waals surface area contributed by atoms with Gasteiger partial charge in [-0.25, -0.2) is 4.79 Å². The summed E-state index contributed by atoms with van der Waals surface area (Å²) in [5.41, 5.74) is 8.81. The van der Waals surface area contributed by atoms with Crippen molar-refractivity contribution in [3.05, 3.63) is 119 Å². The lowest BCUT2D eigenvalue weighted by molar-refractivity contribution is 0.194. The summed E-state index contributed by atoms with van der Waals surface area (Å²) in [4.78, 5) is 15.8. The number of anilines is 1. The standard InChI is InChI=1S/C30H31N3O/c1-20(2)23-12-14-24(15-13-23)29-28-10-7-17-32(28)27-9-6-5-8-25(27)19-33(29)30(34)31-26-16-11-21(3)18-22(26)4/h5-18,20,29H,19H2,1-4H3,(H,31,34). The van der Waals surface area contributed by atoms with E-state index in [0.717, 1.165) is 33.8 Å². The van der Waals surface area contributed by atoms with Gasteiger partial charge < -0.3 is 14.8 Å². The molecule has 2 amide bonds. The molecule has 2 heterocycles. The molecule has 0 saturated heterocycles. The normalized spacial score (nSPS) is 15.0. The van der Waals surface area contributed by atoms with Crippen molar-refractivity contribution in [2.24, 2.45) is 0 Å². The molecule has 1 aromatic heterocycles. The zero-order valence-corrected chi connectivity index (χ0v) is 20.2. The van der Waals surface area contributed by atoms with Gasteiger partial charge in [-0.05, 0) is 66.3 Å². The van der Waals surface area contributed by atoms with Gasteiger partial charge in [-0.2, -0.15) is 0 Å². The third kappa shape index (κ3) is 4.01. The maximum atomic E-state index is 13.9. The fourth-order valence-electron chi connectivity index (χ4n) is 4.89. The van der Waals surface area contributed by atoms with Crippen LogP contribution in [-0.2, 0) is 6.54 Å². The molecule has 0 bridgehead atoms. The number of carbonyl (C=O) groups is 1. The van der Waals surface area contributed by atoms with Gasteiger partial charge in [0.15, 0.2) is 0 Å². The Bertz CT molecular complexity index is 1330. The van der Waals surface area contributed by atoms with Crippen molar-refractivity contribution in [2.45, 2.75) is 46.2 Å². The van der Waals surface area contributed by atoms with E-state index in [9.17, 15) is 4.79 Å². The summed E-state index contributed by atoms with van der Waals surface area (Å²) in [6.45, 7) is 9.02. The first kappa shape index (κ1) is 22.0. The molecule has 1 unspecified atom stereocenters. The number of benzene rings is 3. The molecule has 1 aliphatic rings. The molecule has 172 valence electrons. The highest BCUT2D eigenvalue weighted by atomic mass is 16.2. The van der Waals surface area contributed by atoms with E-state index in [1.54, 1.807) is 0 Å². The van der Waals surface area contributed by atoms with Crippen LogP contribution in [0.5, 0.6) is 0 Å². The molecule has 0 aliphatic carbocycles. The average molecular weight is 450 g/mol. The molecule has 5 rings (SSSR count). The first-order valence-electron chi connectivity index (χ1n) is 11.9. The highest BCUT2D eigenvalue weighted by Crippen LogP contribution is 2.37. The second-order valence-electron chi connectivity index (χ2n) is 9.53. The van der Waals surface area contributed by atoms with Crippen LogP contribution in [0.3, 0.4) is 0 Å². The third-order valence-corrected chi connectivity index (χ3v) is 6.77. The number of carbonyl (C=O) groups excluding carboxylic acids is 1. The van der Waals surface area contributed by atoms with Crippen LogP contribution in [0.1, 0.15) is 59.3 Å². The Labute approximate surface area is 201 Å². The largest absolute Gasteiger partial charge is 0.322 e. The van der Waals surface area contributed by atoms with E-state index >= 15 is 0 Å². The maximum Gasteiger partial charge on any atom is 0.322 e. The first-order chi connectivity index (χ1) is 16.4. The predicted octanol–water partition coefficient (Wildman–Crippen LogP) is 7.35. The Morgan fingerprint density at radius 2 is 1.71 bits per heavy atom. The zero-order chi connectivity index (χ0) is 23.8. The highest BCUT2D eigenvalue weighted by Gasteiger charge is 2.33. The molecule has 3 aromatic carbocycles. The van der Waals surface area contributed by atoms with Crippen LogP contribution in [0.15, 0.2) is 85.1 Å². The SMILES string of the molecule is Cc1ccc(NC(=O)N2Cc3ccccc3-n3cccc3C2c2ccc(C(C)C)cc2)c(C)c1. The Morgan fingerprint density at radius 3 is 2.44 bits per heavy atom. The number of nitrogens with one attached hydrogen (secondary N) is 1. The average Bonchev–Trinajstić information content (AvgIpc) is 3.25. The van der Waals surface area contributed by atoms with Crippen LogP contribution in [0, 0.1) is 13.8 Å². The number of aromatic nitrogens is 1. The van der Waals surface area contributed by atoms with Gasteiger partial charge in [0.2, 0.25) is 0 Å². The predicted molar refractivity (Wildman–Crippen MR) is 139 cm³/mol.